The summed E-state index contributed by atoms with van der Waals surface area (Å²) in [5, 5.41) is 23.4. The summed E-state index contributed by atoms with van der Waals surface area (Å²) in [7, 11) is 1.45. The number of methoxy groups -OCH3 is 1. The van der Waals surface area contributed by atoms with Gasteiger partial charge in [-0.2, -0.15) is 0 Å². The monoisotopic (exact) mass is 644 g/mol. The van der Waals surface area contributed by atoms with Crippen molar-refractivity contribution in [2.45, 2.75) is 63.9 Å². The van der Waals surface area contributed by atoms with Gasteiger partial charge in [0.2, 0.25) is 11.8 Å². The van der Waals surface area contributed by atoms with E-state index in [2.05, 4.69) is 5.32 Å². The van der Waals surface area contributed by atoms with Gasteiger partial charge in [-0.1, -0.05) is 13.8 Å². The number of nitrogens with zero attached hydrogens (tertiary/aromatic N) is 1. The van der Waals surface area contributed by atoms with Crippen molar-refractivity contribution in [1.29, 1.82) is 0 Å². The zero-order valence-corrected chi connectivity index (χ0v) is 24.2. The summed E-state index contributed by atoms with van der Waals surface area (Å²) in [6.07, 6.45) is 2.07. The first-order chi connectivity index (χ1) is 18.2. The quantitative estimate of drug-likeness (QED) is 0.233. The van der Waals surface area contributed by atoms with E-state index in [1.807, 2.05) is 36.4 Å². The molecule has 1 aromatic carbocycles. The van der Waals surface area contributed by atoms with Crippen LogP contribution in [0.4, 0.5) is 0 Å². The molecule has 0 bridgehead atoms. The number of hydrogen-bond donors (Lipinski definition) is 3. The van der Waals surface area contributed by atoms with E-state index in [1.54, 1.807) is 17.0 Å². The number of halogens is 1. The van der Waals surface area contributed by atoms with Crippen LogP contribution in [0.5, 0.6) is 11.5 Å². The number of aliphatic hydroxyl groups excluding tert-OH is 2. The predicted molar refractivity (Wildman–Crippen MR) is 148 cm³/mol. The molecule has 4 unspecified atom stereocenters. The molecule has 1 heterocycles. The molecule has 0 radical (unpaired) electrons. The molecule has 10 nitrogen and oxygen atoms in total. The number of benzene rings is 1. The van der Waals surface area contributed by atoms with Gasteiger partial charge in [0.1, 0.15) is 18.5 Å². The van der Waals surface area contributed by atoms with Crippen molar-refractivity contribution in [3.63, 3.8) is 0 Å². The van der Waals surface area contributed by atoms with Gasteiger partial charge in [0, 0.05) is 43.7 Å². The maximum absolute atomic E-state index is 13.4. The number of aliphatic hydroxyl groups is 2. The molecule has 4 atom stereocenters. The van der Waals surface area contributed by atoms with Crippen molar-refractivity contribution in [2.24, 2.45) is 5.92 Å². The van der Waals surface area contributed by atoms with Crippen molar-refractivity contribution in [3.05, 3.63) is 32.9 Å². The highest BCUT2D eigenvalue weighted by Crippen LogP contribution is 2.37. The van der Waals surface area contributed by atoms with Crippen LogP contribution in [0.1, 0.15) is 49.9 Å². The van der Waals surface area contributed by atoms with Crippen LogP contribution in [0.25, 0.3) is 0 Å². The van der Waals surface area contributed by atoms with Crippen LogP contribution in [0.3, 0.4) is 0 Å². The Morgan fingerprint density at radius 1 is 1.34 bits per heavy atom. The second-order valence-corrected chi connectivity index (χ2v) is 11.1. The molecule has 11 heteroatoms. The first-order valence-corrected chi connectivity index (χ1v) is 13.9. The normalized spacial score (nSPS) is 23.1. The fourth-order valence-electron chi connectivity index (χ4n) is 4.73. The number of carbonyl (C=O) groups excluding carboxylic acids is 3. The van der Waals surface area contributed by atoms with Crippen LogP contribution in [0.2, 0.25) is 0 Å². The lowest BCUT2D eigenvalue weighted by molar-refractivity contribution is -0.141. The van der Waals surface area contributed by atoms with Crippen LogP contribution < -0.4 is 14.8 Å². The van der Waals surface area contributed by atoms with E-state index in [0.717, 1.165) is 12.8 Å². The number of aldehydes is 1. The number of carbonyl (C=O) groups is 3. The van der Waals surface area contributed by atoms with Crippen molar-refractivity contribution in [2.75, 3.05) is 33.4 Å². The van der Waals surface area contributed by atoms with Crippen LogP contribution in [0, 0.1) is 9.49 Å². The van der Waals surface area contributed by atoms with Gasteiger partial charge >= 0.3 is 0 Å². The lowest BCUT2D eigenvalue weighted by atomic mass is 9.87. The zero-order valence-electron chi connectivity index (χ0n) is 22.0. The van der Waals surface area contributed by atoms with Gasteiger partial charge in [-0.05, 0) is 59.6 Å². The first-order valence-electron chi connectivity index (χ1n) is 12.9. The average molecular weight is 645 g/mol. The third-order valence-corrected chi connectivity index (χ3v) is 7.39. The number of nitrogens with one attached hydrogen (secondary N) is 1. The van der Waals surface area contributed by atoms with Gasteiger partial charge in [-0.15, -0.1) is 0 Å². The van der Waals surface area contributed by atoms with Crippen molar-refractivity contribution in [3.8, 4) is 11.5 Å². The highest BCUT2D eigenvalue weighted by Gasteiger charge is 2.42. The van der Waals surface area contributed by atoms with E-state index < -0.39 is 24.2 Å². The first kappa shape index (κ1) is 30.3. The minimum atomic E-state index is -1.16. The number of rotatable bonds is 12. The van der Waals surface area contributed by atoms with E-state index in [4.69, 9.17) is 14.2 Å². The molecule has 0 spiro atoms. The second-order valence-electron chi connectivity index (χ2n) is 9.95. The Kier molecular flexibility index (Phi) is 11.4. The number of hydrogen-bond acceptors (Lipinski definition) is 8. The second kappa shape index (κ2) is 14.2. The fourth-order valence-corrected chi connectivity index (χ4v) is 5.49. The molecule has 3 rings (SSSR count). The van der Waals surface area contributed by atoms with Crippen LogP contribution in [-0.4, -0.2) is 91.0 Å². The Bertz CT molecular complexity index is 1020. The van der Waals surface area contributed by atoms with E-state index in [-0.39, 0.29) is 43.9 Å². The van der Waals surface area contributed by atoms with Gasteiger partial charge in [0.25, 0.3) is 0 Å². The van der Waals surface area contributed by atoms with Crippen molar-refractivity contribution < 1.29 is 38.8 Å². The summed E-state index contributed by atoms with van der Waals surface area (Å²) in [5.41, 5.74) is 0.745. The molecule has 1 aromatic rings. The van der Waals surface area contributed by atoms with E-state index in [0.29, 0.717) is 45.6 Å². The van der Waals surface area contributed by atoms with Gasteiger partial charge in [-0.3, -0.25) is 14.4 Å². The Morgan fingerprint density at radius 3 is 2.71 bits per heavy atom. The maximum atomic E-state index is 13.4. The van der Waals surface area contributed by atoms with Gasteiger partial charge in [0.15, 0.2) is 11.5 Å². The fraction of sp³-hybridized carbons (Fsp3) is 0.593. The summed E-state index contributed by atoms with van der Waals surface area (Å²) in [6, 6.07) is 2.42. The molecule has 210 valence electrons. The minimum Gasteiger partial charge on any atom is -0.493 e. The Balaban J connectivity index is 1.99. The lowest BCUT2D eigenvalue weighted by Crippen LogP contribution is -2.56. The van der Waals surface area contributed by atoms with Crippen LogP contribution in [0.15, 0.2) is 23.8 Å². The van der Waals surface area contributed by atoms with E-state index in [9.17, 15) is 24.6 Å². The average Bonchev–Trinajstić information content (AvgIpc) is 3.40. The van der Waals surface area contributed by atoms with Crippen LogP contribution in [-0.2, 0) is 14.3 Å². The molecule has 1 aliphatic heterocycles. The summed E-state index contributed by atoms with van der Waals surface area (Å²) < 4.78 is 18.1. The van der Waals surface area contributed by atoms with Gasteiger partial charge in [0.05, 0.1) is 29.4 Å². The Morgan fingerprint density at radius 2 is 2.11 bits per heavy atom. The molecule has 1 aliphatic carbocycles. The smallest absolute Gasteiger partial charge is 0.247 e. The molecule has 1 fully saturated rings. The Hall–Kier alpha value is -2.22. The highest BCUT2D eigenvalue weighted by molar-refractivity contribution is 14.1. The number of ether oxygens (including phenoxy) is 3. The van der Waals surface area contributed by atoms with Crippen molar-refractivity contribution in [1.82, 2.24) is 10.2 Å². The maximum Gasteiger partial charge on any atom is 0.247 e. The molecule has 2 amide bonds. The van der Waals surface area contributed by atoms with Gasteiger partial charge < -0.3 is 34.6 Å². The molecular formula is C27H37IN2O8. The number of amides is 2. The minimum absolute atomic E-state index is 0.0692. The summed E-state index contributed by atoms with van der Waals surface area (Å²) in [5.74, 6) is 0.190. The Labute approximate surface area is 236 Å². The molecule has 1 saturated heterocycles. The molecule has 3 N–H and O–H groups in total. The van der Waals surface area contributed by atoms with Gasteiger partial charge in [-0.25, -0.2) is 0 Å². The summed E-state index contributed by atoms with van der Waals surface area (Å²) >= 11 is 2.02. The molecular weight excluding hydrogens is 607 g/mol. The zero-order chi connectivity index (χ0) is 27.8. The largest absolute Gasteiger partial charge is 0.493 e. The summed E-state index contributed by atoms with van der Waals surface area (Å²) in [4.78, 5) is 39.4. The SMILES string of the molecule is COc1cc(C=O)cc(I)c1OC1C=C(C(=O)NCCO)CC(N(CC2CCCO2)C(=O)CC(C)C)C1O. The molecule has 0 saturated carbocycles. The summed E-state index contributed by atoms with van der Waals surface area (Å²) in [6.45, 7) is 4.69. The molecule has 2 aliphatic rings. The topological polar surface area (TPSA) is 135 Å². The van der Waals surface area contributed by atoms with E-state index >= 15 is 0 Å². The third-order valence-electron chi connectivity index (χ3n) is 6.58. The third kappa shape index (κ3) is 7.67. The predicted octanol–water partition coefficient (Wildman–Crippen LogP) is 2.08. The standard InChI is InChI=1S/C27H37IN2O8/c1-16(2)9-24(33)30(14-19-5-4-8-37-19)21-12-18(27(35)29-6-7-31)13-22(25(21)34)38-26-20(28)10-17(15-32)11-23(26)36-3/h10-11,13,15-16,19,21-22,25,31,34H,4-9,12,14H2,1-3H3,(H,29,35). The van der Waals surface area contributed by atoms with Crippen LogP contribution >= 0.6 is 22.6 Å². The molecule has 0 aromatic heterocycles. The lowest BCUT2D eigenvalue weighted by Gasteiger charge is -2.41. The highest BCUT2D eigenvalue weighted by atomic mass is 127. The van der Waals surface area contributed by atoms with E-state index in [1.165, 1.54) is 13.2 Å². The van der Waals surface area contributed by atoms with Crippen molar-refractivity contribution >= 4 is 40.7 Å². The molecule has 38 heavy (non-hydrogen) atoms.